The van der Waals surface area contributed by atoms with Crippen molar-refractivity contribution in [3.05, 3.63) is 77.0 Å². The van der Waals surface area contributed by atoms with Gasteiger partial charge in [-0.25, -0.2) is 0 Å². The van der Waals surface area contributed by atoms with Gasteiger partial charge in [0.2, 0.25) is 0 Å². The van der Waals surface area contributed by atoms with E-state index in [2.05, 4.69) is 25.3 Å². The Kier molecular flexibility index (Phi) is 4.54. The first-order chi connectivity index (χ1) is 10.0. The minimum Gasteiger partial charge on any atom is -0.496 e. The van der Waals surface area contributed by atoms with Gasteiger partial charge in [0.25, 0.3) is 5.69 Å². The lowest BCUT2D eigenvalue weighted by Gasteiger charge is -2.24. The zero-order valence-corrected chi connectivity index (χ0v) is 12.9. The minimum atomic E-state index is -1.91. The number of ether oxygens (including phenoxy) is 1. The van der Waals surface area contributed by atoms with Crippen molar-refractivity contribution in [1.29, 1.82) is 0 Å². The summed E-state index contributed by atoms with van der Waals surface area (Å²) in [5.41, 5.74) is 2.06. The van der Waals surface area contributed by atoms with E-state index in [0.717, 1.165) is 0 Å². The first-order valence-corrected chi connectivity index (χ1v) is 9.40. The predicted octanol–water partition coefficient (Wildman–Crippen LogP) is 3.22. The lowest BCUT2D eigenvalue weighted by Crippen LogP contribution is -2.48. The van der Waals surface area contributed by atoms with E-state index in [1.54, 1.807) is 12.1 Å². The van der Waals surface area contributed by atoms with Gasteiger partial charge in [-0.3, -0.25) is 10.1 Å². The summed E-state index contributed by atoms with van der Waals surface area (Å²) in [5, 5.41) is 11.9. The van der Waals surface area contributed by atoms with E-state index in [0.29, 0.717) is 12.0 Å². The Balaban J connectivity index is 2.10. The molecule has 0 aliphatic carbocycles. The largest absolute Gasteiger partial charge is 0.496 e. The van der Waals surface area contributed by atoms with Crippen LogP contribution in [0.5, 0.6) is 5.75 Å². The molecule has 0 heterocycles. The van der Waals surface area contributed by atoms with Crippen LogP contribution in [0.25, 0.3) is 0 Å². The highest BCUT2D eigenvalue weighted by Crippen LogP contribution is 2.18. The molecule has 0 saturated carbocycles. The summed E-state index contributed by atoms with van der Waals surface area (Å²) >= 11 is 0. The second kappa shape index (κ2) is 6.36. The topological polar surface area (TPSA) is 52.4 Å². The quantitative estimate of drug-likeness (QED) is 0.467. The molecule has 0 radical (unpaired) electrons. The van der Waals surface area contributed by atoms with Crippen LogP contribution in [-0.2, 0) is 0 Å². The van der Waals surface area contributed by atoms with E-state index < -0.39 is 13.0 Å². The summed E-state index contributed by atoms with van der Waals surface area (Å²) < 4.78 is 5.82. The van der Waals surface area contributed by atoms with Gasteiger partial charge in [-0.05, 0) is 12.1 Å². The Morgan fingerprint density at radius 1 is 1.19 bits per heavy atom. The van der Waals surface area contributed by atoms with Gasteiger partial charge >= 0.3 is 0 Å². The van der Waals surface area contributed by atoms with Crippen molar-refractivity contribution in [1.82, 2.24) is 0 Å². The number of rotatable bonds is 6. The zero-order valence-electron chi connectivity index (χ0n) is 11.9. The molecule has 2 aromatic rings. The van der Waals surface area contributed by atoms with Gasteiger partial charge in [0, 0.05) is 12.1 Å². The first kappa shape index (κ1) is 15.0. The highest BCUT2D eigenvalue weighted by molar-refractivity contribution is 6.94. The van der Waals surface area contributed by atoms with Crippen LogP contribution in [-0.4, -0.2) is 19.2 Å². The van der Waals surface area contributed by atoms with Crippen LogP contribution < -0.4 is 9.92 Å². The number of hydrogen-bond donors (Lipinski definition) is 0. The van der Waals surface area contributed by atoms with Crippen LogP contribution in [0, 0.1) is 10.1 Å². The third-order valence-electron chi connectivity index (χ3n) is 3.47. The van der Waals surface area contributed by atoms with Gasteiger partial charge < -0.3 is 4.74 Å². The number of nitro benzene ring substituents is 1. The van der Waals surface area contributed by atoms with E-state index in [1.165, 1.54) is 17.3 Å². The molecule has 0 bridgehead atoms. The lowest BCUT2D eigenvalue weighted by molar-refractivity contribution is -0.384. The SMILES string of the molecule is C=C[Si](C)(COc1ccc([N+](=O)[O-])cc1)c1ccccc1. The van der Waals surface area contributed by atoms with Gasteiger partial charge in [0.15, 0.2) is 0 Å². The van der Waals surface area contributed by atoms with E-state index in [1.807, 2.05) is 23.9 Å². The Labute approximate surface area is 124 Å². The van der Waals surface area contributed by atoms with Crippen molar-refractivity contribution in [3.63, 3.8) is 0 Å². The Morgan fingerprint density at radius 2 is 1.81 bits per heavy atom. The van der Waals surface area contributed by atoms with Gasteiger partial charge in [0.1, 0.15) is 13.8 Å². The molecule has 0 N–H and O–H groups in total. The van der Waals surface area contributed by atoms with Crippen molar-refractivity contribution in [2.45, 2.75) is 6.55 Å². The van der Waals surface area contributed by atoms with Crippen LogP contribution in [0.4, 0.5) is 5.69 Å². The lowest BCUT2D eigenvalue weighted by atomic mass is 10.3. The van der Waals surface area contributed by atoms with E-state index in [-0.39, 0.29) is 5.69 Å². The predicted molar refractivity (Wildman–Crippen MR) is 86.5 cm³/mol. The molecule has 0 aromatic heterocycles. The Hall–Kier alpha value is -2.40. The molecular weight excluding hydrogens is 282 g/mol. The standard InChI is InChI=1S/C16H17NO3Si/c1-3-21(2,16-7-5-4-6-8-16)13-20-15-11-9-14(10-12-15)17(18)19/h3-12H,1,13H2,2H3. The van der Waals surface area contributed by atoms with Crippen molar-refractivity contribution < 1.29 is 9.66 Å². The summed E-state index contributed by atoms with van der Waals surface area (Å²) in [6, 6.07) is 16.3. The maximum Gasteiger partial charge on any atom is 0.269 e. The van der Waals surface area contributed by atoms with E-state index in [4.69, 9.17) is 4.74 Å². The molecule has 5 heteroatoms. The molecule has 4 nitrogen and oxygen atoms in total. The highest BCUT2D eigenvalue weighted by atomic mass is 28.3. The average Bonchev–Trinajstić information content (AvgIpc) is 2.54. The van der Waals surface area contributed by atoms with Crippen LogP contribution in [0.15, 0.2) is 66.9 Å². The summed E-state index contributed by atoms with van der Waals surface area (Å²) in [6.45, 7) is 6.13. The fourth-order valence-electron chi connectivity index (χ4n) is 1.98. The van der Waals surface area contributed by atoms with Crippen LogP contribution in [0.1, 0.15) is 0 Å². The molecule has 0 fully saturated rings. The van der Waals surface area contributed by atoms with Crippen LogP contribution in [0.2, 0.25) is 6.55 Å². The number of nitrogens with zero attached hydrogens (tertiary/aromatic N) is 1. The summed E-state index contributed by atoms with van der Waals surface area (Å²) in [5.74, 6) is 0.636. The third kappa shape index (κ3) is 3.58. The van der Waals surface area contributed by atoms with Gasteiger partial charge in [-0.15, -0.1) is 6.58 Å². The summed E-state index contributed by atoms with van der Waals surface area (Å²) in [6.07, 6.45) is 0.554. The molecular formula is C16H17NO3Si. The molecule has 0 aliphatic rings. The second-order valence-corrected chi connectivity index (χ2v) is 9.14. The second-order valence-electron chi connectivity index (χ2n) is 5.03. The van der Waals surface area contributed by atoms with Gasteiger partial charge in [-0.1, -0.05) is 47.8 Å². The van der Waals surface area contributed by atoms with Crippen LogP contribution in [0.3, 0.4) is 0 Å². The molecule has 0 amide bonds. The van der Waals surface area contributed by atoms with Crippen molar-refractivity contribution in [2.24, 2.45) is 0 Å². The normalized spacial score (nSPS) is 13.2. The van der Waals surface area contributed by atoms with E-state index in [9.17, 15) is 10.1 Å². The van der Waals surface area contributed by atoms with E-state index >= 15 is 0 Å². The molecule has 1 atom stereocenters. The fourth-order valence-corrected chi connectivity index (χ4v) is 3.92. The number of hydrogen-bond acceptors (Lipinski definition) is 3. The molecule has 2 aromatic carbocycles. The summed E-state index contributed by atoms with van der Waals surface area (Å²) in [4.78, 5) is 10.2. The number of nitro groups is 1. The number of benzene rings is 2. The van der Waals surface area contributed by atoms with Crippen molar-refractivity contribution in [3.8, 4) is 5.75 Å². The fraction of sp³-hybridized carbons (Fsp3) is 0.125. The first-order valence-electron chi connectivity index (χ1n) is 6.61. The third-order valence-corrected chi connectivity index (χ3v) is 6.77. The molecule has 21 heavy (non-hydrogen) atoms. The maximum atomic E-state index is 10.6. The smallest absolute Gasteiger partial charge is 0.269 e. The molecule has 0 spiro atoms. The Morgan fingerprint density at radius 3 is 2.33 bits per heavy atom. The molecule has 1 unspecified atom stereocenters. The monoisotopic (exact) mass is 299 g/mol. The molecule has 2 rings (SSSR count). The summed E-state index contributed by atoms with van der Waals surface area (Å²) in [7, 11) is -1.91. The van der Waals surface area contributed by atoms with Crippen LogP contribution >= 0.6 is 0 Å². The maximum absolute atomic E-state index is 10.6. The minimum absolute atomic E-state index is 0.0640. The Bertz CT molecular complexity index is 628. The van der Waals surface area contributed by atoms with Gasteiger partial charge in [-0.2, -0.15) is 0 Å². The molecule has 0 aliphatic heterocycles. The number of non-ortho nitro benzene ring substituents is 1. The molecule has 0 saturated heterocycles. The molecule has 108 valence electrons. The highest BCUT2D eigenvalue weighted by Gasteiger charge is 2.27. The van der Waals surface area contributed by atoms with Crippen molar-refractivity contribution in [2.75, 3.05) is 6.23 Å². The van der Waals surface area contributed by atoms with Gasteiger partial charge in [0.05, 0.1) is 11.2 Å². The zero-order chi connectivity index (χ0) is 15.3. The average molecular weight is 299 g/mol. The van der Waals surface area contributed by atoms with Crippen molar-refractivity contribution >= 4 is 18.9 Å².